The van der Waals surface area contributed by atoms with Crippen molar-refractivity contribution in [3.63, 3.8) is 0 Å². The largest absolute Gasteiger partial charge is 0.507 e. The van der Waals surface area contributed by atoms with Crippen molar-refractivity contribution in [1.29, 1.82) is 0 Å². The number of aliphatic hydroxyl groups is 1. The molecule has 1 saturated heterocycles. The van der Waals surface area contributed by atoms with Gasteiger partial charge in [-0.25, -0.2) is 4.39 Å². The van der Waals surface area contributed by atoms with Gasteiger partial charge in [-0.1, -0.05) is 89.3 Å². The van der Waals surface area contributed by atoms with E-state index in [0.29, 0.717) is 20.7 Å². The number of hydrogen-bond donors (Lipinski definition) is 1. The molecule has 210 valence electrons. The topological polar surface area (TPSA) is 92.6 Å². The van der Waals surface area contributed by atoms with E-state index in [9.17, 15) is 19.1 Å². The summed E-state index contributed by atoms with van der Waals surface area (Å²) in [5.41, 5.74) is 1.46. The number of methoxy groups -OCH3 is 1. The average Bonchev–Trinajstić information content (AvgIpc) is 3.57. The normalized spacial score (nSPS) is 16.4. The summed E-state index contributed by atoms with van der Waals surface area (Å²) in [6.07, 6.45) is 0. The van der Waals surface area contributed by atoms with E-state index in [-0.39, 0.29) is 22.0 Å². The van der Waals surface area contributed by atoms with Gasteiger partial charge in [-0.3, -0.25) is 14.5 Å². The van der Waals surface area contributed by atoms with Gasteiger partial charge in [0.1, 0.15) is 5.76 Å². The molecule has 0 radical (unpaired) electrons. The molecule has 11 heteroatoms. The average molecular weight is 618 g/mol. The number of rotatable bonds is 7. The maximum absolute atomic E-state index is 14.5. The third kappa shape index (κ3) is 5.13. The minimum absolute atomic E-state index is 0.0221. The summed E-state index contributed by atoms with van der Waals surface area (Å²) < 4.78 is 20.1. The van der Waals surface area contributed by atoms with Crippen molar-refractivity contribution in [1.82, 2.24) is 10.2 Å². The number of nitrogens with zero attached hydrogens (tertiary/aromatic N) is 3. The number of hydrogen-bond acceptors (Lipinski definition) is 8. The predicted molar refractivity (Wildman–Crippen MR) is 163 cm³/mol. The molecule has 5 aromatic rings. The SMILES string of the molecule is COc1ccc(/C(O)=C2/C(=O)C(=O)N(c3nnc(SCc4cccc5ccccc45)s3)C2c2ccc(Cl)cc2)cc1F. The molecule has 7 nitrogen and oxygen atoms in total. The molecule has 0 aliphatic carbocycles. The fourth-order valence-electron chi connectivity index (χ4n) is 4.88. The fourth-order valence-corrected chi connectivity index (χ4v) is 6.87. The van der Waals surface area contributed by atoms with Gasteiger partial charge in [0, 0.05) is 16.3 Å². The van der Waals surface area contributed by atoms with Crippen molar-refractivity contribution in [2.75, 3.05) is 12.0 Å². The Morgan fingerprint density at radius 1 is 1.05 bits per heavy atom. The molecule has 1 aromatic heterocycles. The third-order valence-electron chi connectivity index (χ3n) is 6.89. The molecule has 1 aliphatic heterocycles. The number of anilines is 1. The molecule has 1 unspecified atom stereocenters. The summed E-state index contributed by atoms with van der Waals surface area (Å²) in [5.74, 6) is -2.46. The smallest absolute Gasteiger partial charge is 0.301 e. The molecule has 1 aliphatic rings. The quantitative estimate of drug-likeness (QED) is 0.0668. The Balaban J connectivity index is 1.37. The van der Waals surface area contributed by atoms with Crippen LogP contribution in [-0.2, 0) is 15.3 Å². The van der Waals surface area contributed by atoms with Gasteiger partial charge in [0.05, 0.1) is 18.7 Å². The lowest BCUT2D eigenvalue weighted by atomic mass is 9.95. The van der Waals surface area contributed by atoms with Crippen molar-refractivity contribution in [3.8, 4) is 5.75 Å². The third-order valence-corrected chi connectivity index (χ3v) is 9.25. The van der Waals surface area contributed by atoms with Crippen LogP contribution in [0.2, 0.25) is 5.02 Å². The standard InChI is InChI=1S/C31H21ClFN3O4S2/c1-40-24-14-11-19(15-23(24)33)27(37)25-26(18-9-12-21(32)13-10-18)36(29(39)28(25)38)30-34-35-31(42-30)41-16-20-7-4-6-17-5-2-3-8-22(17)20/h2-15,26,37H,16H2,1H3/b27-25-. The number of amides is 1. The van der Waals surface area contributed by atoms with Gasteiger partial charge in [0.2, 0.25) is 5.13 Å². The maximum Gasteiger partial charge on any atom is 0.301 e. The molecule has 1 fully saturated rings. The minimum Gasteiger partial charge on any atom is -0.507 e. The maximum atomic E-state index is 14.5. The van der Waals surface area contributed by atoms with Crippen molar-refractivity contribution in [2.45, 2.75) is 16.1 Å². The highest BCUT2D eigenvalue weighted by Crippen LogP contribution is 2.44. The first-order chi connectivity index (χ1) is 20.4. The van der Waals surface area contributed by atoms with E-state index in [1.54, 1.807) is 24.3 Å². The molecule has 6 rings (SSSR count). The molecular weight excluding hydrogens is 597 g/mol. The van der Waals surface area contributed by atoms with Crippen LogP contribution in [0.5, 0.6) is 5.75 Å². The van der Waals surface area contributed by atoms with Crippen LogP contribution in [0.3, 0.4) is 0 Å². The van der Waals surface area contributed by atoms with Gasteiger partial charge in [0.15, 0.2) is 15.9 Å². The number of aromatic nitrogens is 2. The second-order valence-corrected chi connectivity index (χ2v) is 12.0. The van der Waals surface area contributed by atoms with Crippen LogP contribution < -0.4 is 9.64 Å². The van der Waals surface area contributed by atoms with Gasteiger partial charge in [-0.05, 0) is 52.2 Å². The van der Waals surface area contributed by atoms with Gasteiger partial charge in [0.25, 0.3) is 5.78 Å². The number of benzene rings is 4. The van der Waals surface area contributed by atoms with E-state index in [2.05, 4.69) is 34.5 Å². The second kappa shape index (κ2) is 11.6. The first kappa shape index (κ1) is 27.9. The molecule has 1 N–H and O–H groups in total. The number of carbonyl (C=O) groups excluding carboxylic acids is 2. The van der Waals surface area contributed by atoms with E-state index >= 15 is 0 Å². The van der Waals surface area contributed by atoms with Crippen LogP contribution in [-0.4, -0.2) is 34.1 Å². The molecule has 1 amide bonds. The molecule has 2 heterocycles. The van der Waals surface area contributed by atoms with Crippen molar-refractivity contribution in [2.24, 2.45) is 0 Å². The zero-order valence-electron chi connectivity index (χ0n) is 22.0. The van der Waals surface area contributed by atoms with Gasteiger partial charge in [-0.2, -0.15) is 0 Å². The number of fused-ring (bicyclic) bond motifs is 1. The minimum atomic E-state index is -1.05. The Morgan fingerprint density at radius 3 is 2.57 bits per heavy atom. The molecule has 0 bridgehead atoms. The Morgan fingerprint density at radius 2 is 1.81 bits per heavy atom. The lowest BCUT2D eigenvalue weighted by Gasteiger charge is -2.22. The highest BCUT2D eigenvalue weighted by atomic mass is 35.5. The van der Waals surface area contributed by atoms with E-state index in [1.807, 2.05) is 18.2 Å². The Kier molecular flexibility index (Phi) is 7.68. The van der Waals surface area contributed by atoms with E-state index in [4.69, 9.17) is 16.3 Å². The molecule has 42 heavy (non-hydrogen) atoms. The van der Waals surface area contributed by atoms with Crippen LogP contribution in [0.1, 0.15) is 22.7 Å². The second-order valence-electron chi connectivity index (χ2n) is 9.35. The lowest BCUT2D eigenvalue weighted by Crippen LogP contribution is -2.29. The van der Waals surface area contributed by atoms with Crippen LogP contribution in [0, 0.1) is 5.82 Å². The molecule has 0 spiro atoms. The Labute approximate surface area is 253 Å². The number of ether oxygens (including phenoxy) is 1. The van der Waals surface area contributed by atoms with Crippen molar-refractivity contribution < 1.29 is 23.8 Å². The highest BCUT2D eigenvalue weighted by Gasteiger charge is 2.48. The first-order valence-corrected chi connectivity index (χ1v) is 14.9. The number of thioether (sulfide) groups is 1. The van der Waals surface area contributed by atoms with Crippen LogP contribution >= 0.6 is 34.7 Å². The fraction of sp³-hybridized carbons (Fsp3) is 0.0968. The van der Waals surface area contributed by atoms with E-state index in [0.717, 1.165) is 22.4 Å². The number of ketones is 1. The van der Waals surface area contributed by atoms with Gasteiger partial charge < -0.3 is 9.84 Å². The van der Waals surface area contributed by atoms with Gasteiger partial charge >= 0.3 is 5.91 Å². The summed E-state index contributed by atoms with van der Waals surface area (Å²) in [5, 5.41) is 22.7. The lowest BCUT2D eigenvalue weighted by molar-refractivity contribution is -0.132. The Hall–Kier alpha value is -4.25. The zero-order chi connectivity index (χ0) is 29.4. The summed E-state index contributed by atoms with van der Waals surface area (Å²) in [4.78, 5) is 28.1. The monoisotopic (exact) mass is 617 g/mol. The predicted octanol–water partition coefficient (Wildman–Crippen LogP) is 7.41. The zero-order valence-corrected chi connectivity index (χ0v) is 24.3. The summed E-state index contributed by atoms with van der Waals surface area (Å²) >= 11 is 8.74. The molecule has 1 atom stereocenters. The molecular formula is C31H21ClFN3O4S2. The van der Waals surface area contributed by atoms with Crippen LogP contribution in [0.25, 0.3) is 16.5 Å². The summed E-state index contributed by atoms with van der Waals surface area (Å²) in [7, 11) is 1.32. The van der Waals surface area contributed by atoms with Gasteiger partial charge in [-0.15, -0.1) is 10.2 Å². The van der Waals surface area contributed by atoms with Crippen molar-refractivity contribution in [3.05, 3.63) is 118 Å². The van der Waals surface area contributed by atoms with Crippen molar-refractivity contribution >= 4 is 68.1 Å². The van der Waals surface area contributed by atoms with E-state index in [1.165, 1.54) is 47.2 Å². The molecule has 4 aromatic carbocycles. The number of Topliss-reactive ketones (excluding diaryl/α,β-unsaturated/α-hetero) is 1. The highest BCUT2D eigenvalue weighted by molar-refractivity contribution is 8.00. The van der Waals surface area contributed by atoms with Crippen LogP contribution in [0.4, 0.5) is 9.52 Å². The summed E-state index contributed by atoms with van der Waals surface area (Å²) in [6.45, 7) is 0. The van der Waals surface area contributed by atoms with Crippen LogP contribution in [0.15, 0.2) is 94.8 Å². The van der Waals surface area contributed by atoms with E-state index < -0.39 is 29.3 Å². The Bertz CT molecular complexity index is 1870. The summed E-state index contributed by atoms with van der Waals surface area (Å²) in [6, 6.07) is 23.5. The number of carbonyl (C=O) groups is 2. The first-order valence-electron chi connectivity index (χ1n) is 12.7. The molecule has 0 saturated carbocycles. The number of aliphatic hydroxyl groups excluding tert-OH is 1. The number of halogens is 2.